The summed E-state index contributed by atoms with van der Waals surface area (Å²) in [4.78, 5) is 16.0. The third-order valence-corrected chi connectivity index (χ3v) is 5.54. The minimum Gasteiger partial charge on any atom is -0.403 e. The van der Waals surface area contributed by atoms with Crippen LogP contribution in [0.25, 0.3) is 0 Å². The number of nitrogens with two attached hydrogens (primary N) is 1. The number of hydrogen-bond donors (Lipinski definition) is 1. The predicted molar refractivity (Wildman–Crippen MR) is 111 cm³/mol. The van der Waals surface area contributed by atoms with Crippen molar-refractivity contribution in [1.29, 1.82) is 0 Å². The summed E-state index contributed by atoms with van der Waals surface area (Å²) in [7, 11) is 1.44. The molecule has 4 rings (SSSR count). The van der Waals surface area contributed by atoms with Crippen LogP contribution in [0.1, 0.15) is 22.0 Å². The highest BCUT2D eigenvalue weighted by molar-refractivity contribution is 5.98. The molecular weight excluding hydrogens is 462 g/mol. The van der Waals surface area contributed by atoms with Crippen molar-refractivity contribution in [3.8, 4) is 5.75 Å². The fourth-order valence-electron chi connectivity index (χ4n) is 4.11. The number of primary amides is 1. The summed E-state index contributed by atoms with van der Waals surface area (Å²) < 4.78 is 68.6. The van der Waals surface area contributed by atoms with E-state index >= 15 is 0 Å². The number of alkyl halides is 3. The van der Waals surface area contributed by atoms with Gasteiger partial charge in [-0.15, -0.1) is 13.2 Å². The number of carbonyl (C=O) groups is 1. The molecule has 1 saturated heterocycles. The van der Waals surface area contributed by atoms with Gasteiger partial charge < -0.3 is 29.7 Å². The van der Waals surface area contributed by atoms with Crippen molar-refractivity contribution in [2.45, 2.75) is 18.9 Å². The quantitative estimate of drug-likeness (QED) is 0.602. The molecule has 184 valence electrons. The lowest BCUT2D eigenvalue weighted by atomic mass is 10.0. The molecular formula is C21H23F4N5O4. The van der Waals surface area contributed by atoms with Crippen LogP contribution in [0.4, 0.5) is 23.4 Å². The van der Waals surface area contributed by atoms with Gasteiger partial charge in [-0.1, -0.05) is 6.07 Å². The van der Waals surface area contributed by atoms with Gasteiger partial charge in [0.25, 0.3) is 5.91 Å². The number of amides is 1. The summed E-state index contributed by atoms with van der Waals surface area (Å²) in [6.07, 6.45) is -1.78. The van der Waals surface area contributed by atoms with Crippen molar-refractivity contribution in [2.24, 2.45) is 5.73 Å². The first-order chi connectivity index (χ1) is 16.2. The standard InChI is InChI=1S/C21H23F4N5O4/c1-32-12-16(13-2-3-17(15(22)10-13)34-21(23,24)25)30-18(28-6-8-33-9-7-28)4-5-29-20(30)14(11-27-29)19(26)31/h2-4,10-11,16H,5-9,12H2,1H3,(H2,26,31). The molecule has 3 heterocycles. The monoisotopic (exact) mass is 485 g/mol. The summed E-state index contributed by atoms with van der Waals surface area (Å²) in [6.45, 7) is 2.48. The average molecular weight is 485 g/mol. The molecule has 0 aliphatic carbocycles. The largest absolute Gasteiger partial charge is 0.573 e. The summed E-state index contributed by atoms with van der Waals surface area (Å²) in [6, 6.07) is 2.46. The molecule has 0 spiro atoms. The first-order valence-corrected chi connectivity index (χ1v) is 10.4. The van der Waals surface area contributed by atoms with E-state index in [2.05, 4.69) is 9.84 Å². The number of methoxy groups -OCH3 is 1. The fourth-order valence-corrected chi connectivity index (χ4v) is 4.11. The molecule has 9 nitrogen and oxygen atoms in total. The van der Waals surface area contributed by atoms with E-state index < -0.39 is 29.9 Å². The van der Waals surface area contributed by atoms with E-state index in [4.69, 9.17) is 15.2 Å². The van der Waals surface area contributed by atoms with Crippen LogP contribution in [-0.2, 0) is 16.0 Å². The van der Waals surface area contributed by atoms with Gasteiger partial charge in [-0.2, -0.15) is 5.10 Å². The van der Waals surface area contributed by atoms with Crippen molar-refractivity contribution in [1.82, 2.24) is 14.7 Å². The predicted octanol–water partition coefficient (Wildman–Crippen LogP) is 2.40. The zero-order chi connectivity index (χ0) is 24.5. The third-order valence-electron chi connectivity index (χ3n) is 5.54. The van der Waals surface area contributed by atoms with Crippen LogP contribution in [0.5, 0.6) is 5.75 Å². The number of nitrogens with zero attached hydrogens (tertiary/aromatic N) is 4. The van der Waals surface area contributed by atoms with Crippen molar-refractivity contribution >= 4 is 11.7 Å². The lowest BCUT2D eigenvalue weighted by Crippen LogP contribution is -2.47. The maximum Gasteiger partial charge on any atom is 0.573 e. The Balaban J connectivity index is 1.80. The van der Waals surface area contributed by atoms with Gasteiger partial charge in [0.05, 0.1) is 38.6 Å². The van der Waals surface area contributed by atoms with Crippen LogP contribution in [0, 0.1) is 5.82 Å². The van der Waals surface area contributed by atoms with E-state index in [9.17, 15) is 22.4 Å². The maximum absolute atomic E-state index is 14.6. The number of ether oxygens (including phenoxy) is 3. The Morgan fingerprint density at radius 1 is 1.29 bits per heavy atom. The first-order valence-electron chi connectivity index (χ1n) is 10.4. The molecule has 0 radical (unpaired) electrons. The summed E-state index contributed by atoms with van der Waals surface area (Å²) >= 11 is 0. The molecule has 1 fully saturated rings. The second kappa shape index (κ2) is 9.50. The van der Waals surface area contributed by atoms with Gasteiger partial charge in [0.1, 0.15) is 17.2 Å². The topological polar surface area (TPSA) is 95.1 Å². The van der Waals surface area contributed by atoms with Crippen LogP contribution in [0.2, 0.25) is 0 Å². The van der Waals surface area contributed by atoms with Gasteiger partial charge in [0.15, 0.2) is 11.6 Å². The molecule has 1 aromatic carbocycles. The van der Waals surface area contributed by atoms with Gasteiger partial charge >= 0.3 is 6.36 Å². The van der Waals surface area contributed by atoms with E-state index in [0.29, 0.717) is 50.1 Å². The Bertz CT molecular complexity index is 1080. The highest BCUT2D eigenvalue weighted by Crippen LogP contribution is 2.39. The highest BCUT2D eigenvalue weighted by atomic mass is 19.4. The molecule has 2 aliphatic rings. The lowest BCUT2D eigenvalue weighted by molar-refractivity contribution is -0.275. The molecule has 2 N–H and O–H groups in total. The Morgan fingerprint density at radius 3 is 2.65 bits per heavy atom. The Kier molecular flexibility index (Phi) is 6.66. The smallest absolute Gasteiger partial charge is 0.403 e. The Labute approximate surface area is 192 Å². The van der Waals surface area contributed by atoms with Crippen molar-refractivity contribution in [3.05, 3.63) is 53.2 Å². The zero-order valence-electron chi connectivity index (χ0n) is 18.2. The van der Waals surface area contributed by atoms with E-state index in [-0.39, 0.29) is 12.2 Å². The molecule has 1 amide bonds. The molecule has 2 aliphatic heterocycles. The molecule has 1 atom stereocenters. The van der Waals surface area contributed by atoms with Gasteiger partial charge in [-0.25, -0.2) is 9.07 Å². The second-order valence-electron chi connectivity index (χ2n) is 7.67. The molecule has 13 heteroatoms. The number of halogens is 4. The van der Waals surface area contributed by atoms with Crippen molar-refractivity contribution < 1.29 is 36.6 Å². The molecule has 34 heavy (non-hydrogen) atoms. The fraction of sp³-hybridized carbons (Fsp3) is 0.429. The molecule has 0 bridgehead atoms. The van der Waals surface area contributed by atoms with Crippen molar-refractivity contribution in [2.75, 3.05) is 44.9 Å². The van der Waals surface area contributed by atoms with E-state index in [1.54, 1.807) is 9.58 Å². The first kappa shape index (κ1) is 23.8. The Hall–Kier alpha value is -3.32. The minimum absolute atomic E-state index is 0.0178. The number of anilines is 1. The number of allylic oxidation sites excluding steroid dienone is 1. The number of morpholine rings is 1. The van der Waals surface area contributed by atoms with Gasteiger partial charge in [-0.05, 0) is 23.8 Å². The number of carbonyl (C=O) groups excluding carboxylic acids is 1. The second-order valence-corrected chi connectivity index (χ2v) is 7.67. The van der Waals surface area contributed by atoms with Crippen LogP contribution < -0.4 is 15.4 Å². The number of hydrogen-bond acceptors (Lipinski definition) is 7. The summed E-state index contributed by atoms with van der Waals surface area (Å²) in [5.74, 6) is -1.75. The molecule has 0 saturated carbocycles. The van der Waals surface area contributed by atoms with E-state index in [1.165, 1.54) is 19.4 Å². The minimum atomic E-state index is -5.03. The van der Waals surface area contributed by atoms with Crippen LogP contribution >= 0.6 is 0 Å². The van der Waals surface area contributed by atoms with Crippen LogP contribution in [0.3, 0.4) is 0 Å². The summed E-state index contributed by atoms with van der Waals surface area (Å²) in [5, 5.41) is 4.24. The number of rotatable bonds is 7. The van der Waals surface area contributed by atoms with Crippen LogP contribution in [-0.4, -0.2) is 67.0 Å². The number of aromatic nitrogens is 2. The van der Waals surface area contributed by atoms with Gasteiger partial charge in [0, 0.05) is 20.2 Å². The molecule has 1 unspecified atom stereocenters. The van der Waals surface area contributed by atoms with Gasteiger partial charge in [0.2, 0.25) is 0 Å². The maximum atomic E-state index is 14.6. The lowest BCUT2D eigenvalue weighted by Gasteiger charge is -2.43. The number of fused-ring (bicyclic) bond motifs is 1. The van der Waals surface area contributed by atoms with Crippen molar-refractivity contribution in [3.63, 3.8) is 0 Å². The Morgan fingerprint density at radius 2 is 2.03 bits per heavy atom. The van der Waals surface area contributed by atoms with Gasteiger partial charge in [-0.3, -0.25) is 4.79 Å². The van der Waals surface area contributed by atoms with E-state index in [0.717, 1.165) is 12.1 Å². The average Bonchev–Trinajstić information content (AvgIpc) is 3.23. The summed E-state index contributed by atoms with van der Waals surface area (Å²) in [5.41, 5.74) is 6.05. The van der Waals surface area contributed by atoms with Crippen LogP contribution in [0.15, 0.2) is 36.3 Å². The highest BCUT2D eigenvalue weighted by Gasteiger charge is 2.37. The third kappa shape index (κ3) is 4.80. The normalized spacial score (nSPS) is 17.3. The molecule has 1 aromatic heterocycles. The molecule has 2 aromatic rings. The SMILES string of the molecule is COCC(c1ccc(OC(F)(F)F)c(F)c1)N1C(N2CCOCC2)=CCn2ncc(C(N)=O)c21. The zero-order valence-corrected chi connectivity index (χ0v) is 18.2. The van der Waals surface area contributed by atoms with E-state index in [1.807, 2.05) is 11.0 Å². The number of benzene rings is 1.